The highest BCUT2D eigenvalue weighted by Gasteiger charge is 1.96. The molecule has 0 radical (unpaired) electrons. The molecule has 0 fully saturated rings. The third-order valence-electron chi connectivity index (χ3n) is 1.44. The lowest BCUT2D eigenvalue weighted by Gasteiger charge is -1.97. The minimum Gasteiger partial charge on any atom is -0.323 e. The molecule has 3 heteroatoms. The Morgan fingerprint density at radius 2 is 2.27 bits per heavy atom. The molecule has 0 bridgehead atoms. The van der Waals surface area contributed by atoms with Gasteiger partial charge in [-0.2, -0.15) is 5.10 Å². The minimum absolute atomic E-state index is 0.273. The molecule has 0 unspecified atom stereocenters. The molecule has 1 aromatic carbocycles. The maximum Gasteiger partial charge on any atom is 0.123 e. The van der Waals surface area contributed by atoms with Crippen molar-refractivity contribution in [3.63, 3.8) is 0 Å². The summed E-state index contributed by atoms with van der Waals surface area (Å²) in [7, 11) is 0. The summed E-state index contributed by atoms with van der Waals surface area (Å²) in [6.45, 7) is 1.73. The summed E-state index contributed by atoms with van der Waals surface area (Å²) in [4.78, 5) is 0. The summed E-state index contributed by atoms with van der Waals surface area (Å²) in [6.07, 6.45) is 0. The van der Waals surface area contributed by atoms with Crippen molar-refractivity contribution < 1.29 is 4.39 Å². The molecule has 2 nitrogen and oxygen atoms in total. The van der Waals surface area contributed by atoms with Crippen LogP contribution >= 0.6 is 0 Å². The number of hydrazone groups is 1. The van der Waals surface area contributed by atoms with Crippen LogP contribution in [0.15, 0.2) is 29.4 Å². The predicted octanol–water partition coefficient (Wildman–Crippen LogP) is 1.51. The number of halogens is 1. The average Bonchev–Trinajstić information content (AvgIpc) is 2.03. The Morgan fingerprint density at radius 3 is 2.82 bits per heavy atom. The lowest BCUT2D eigenvalue weighted by Crippen LogP contribution is -1.98. The molecule has 0 saturated carbocycles. The van der Waals surface area contributed by atoms with Gasteiger partial charge in [0.15, 0.2) is 0 Å². The van der Waals surface area contributed by atoms with Gasteiger partial charge >= 0.3 is 0 Å². The van der Waals surface area contributed by atoms with Crippen molar-refractivity contribution >= 4 is 5.71 Å². The van der Waals surface area contributed by atoms with Crippen LogP contribution in [-0.4, -0.2) is 5.71 Å². The lowest BCUT2D eigenvalue weighted by atomic mass is 10.1. The minimum atomic E-state index is -0.273. The molecule has 2 N–H and O–H groups in total. The largest absolute Gasteiger partial charge is 0.323 e. The first-order valence-electron chi connectivity index (χ1n) is 3.24. The van der Waals surface area contributed by atoms with Crippen LogP contribution in [0.3, 0.4) is 0 Å². The van der Waals surface area contributed by atoms with E-state index in [0.29, 0.717) is 11.3 Å². The molecule has 0 aromatic heterocycles. The van der Waals surface area contributed by atoms with Crippen LogP contribution in [0.5, 0.6) is 0 Å². The zero-order chi connectivity index (χ0) is 8.27. The van der Waals surface area contributed by atoms with Crippen molar-refractivity contribution in [2.75, 3.05) is 0 Å². The molecule has 0 amide bonds. The average molecular weight is 152 g/mol. The van der Waals surface area contributed by atoms with Gasteiger partial charge in [0.05, 0.1) is 5.71 Å². The summed E-state index contributed by atoms with van der Waals surface area (Å²) in [5.41, 5.74) is 1.34. The van der Waals surface area contributed by atoms with Crippen molar-refractivity contribution in [2.45, 2.75) is 6.92 Å². The van der Waals surface area contributed by atoms with Crippen molar-refractivity contribution in [1.82, 2.24) is 0 Å². The van der Waals surface area contributed by atoms with Crippen LogP contribution in [0.4, 0.5) is 4.39 Å². The zero-order valence-electron chi connectivity index (χ0n) is 6.21. The van der Waals surface area contributed by atoms with Crippen molar-refractivity contribution in [3.8, 4) is 0 Å². The van der Waals surface area contributed by atoms with Crippen LogP contribution in [0.25, 0.3) is 0 Å². The summed E-state index contributed by atoms with van der Waals surface area (Å²) >= 11 is 0. The van der Waals surface area contributed by atoms with Gasteiger partial charge in [0, 0.05) is 5.56 Å². The van der Waals surface area contributed by atoms with Crippen LogP contribution in [0, 0.1) is 5.82 Å². The molecule has 0 atom stereocenters. The molecule has 11 heavy (non-hydrogen) atoms. The number of nitrogens with zero attached hydrogens (tertiary/aromatic N) is 1. The molecule has 58 valence electrons. The Labute approximate surface area is 64.5 Å². The molecular weight excluding hydrogens is 143 g/mol. The first kappa shape index (κ1) is 7.72. The van der Waals surface area contributed by atoms with Gasteiger partial charge in [0.2, 0.25) is 0 Å². The number of hydrogen-bond donors (Lipinski definition) is 1. The fourth-order valence-corrected chi connectivity index (χ4v) is 0.788. The maximum atomic E-state index is 12.6. The Kier molecular flexibility index (Phi) is 2.21. The molecule has 0 heterocycles. The summed E-state index contributed by atoms with van der Waals surface area (Å²) in [5, 5.41) is 3.45. The van der Waals surface area contributed by atoms with Gasteiger partial charge in [-0.05, 0) is 19.1 Å². The van der Waals surface area contributed by atoms with Crippen LogP contribution < -0.4 is 5.84 Å². The highest BCUT2D eigenvalue weighted by molar-refractivity contribution is 5.98. The van der Waals surface area contributed by atoms with E-state index in [9.17, 15) is 4.39 Å². The van der Waals surface area contributed by atoms with Gasteiger partial charge in [-0.3, -0.25) is 0 Å². The van der Waals surface area contributed by atoms with Crippen LogP contribution in [-0.2, 0) is 0 Å². The summed E-state index contributed by atoms with van der Waals surface area (Å²) in [5.74, 6) is 4.75. The number of rotatable bonds is 1. The molecule has 0 saturated heterocycles. The highest BCUT2D eigenvalue weighted by atomic mass is 19.1. The Hall–Kier alpha value is -1.38. The third kappa shape index (κ3) is 1.77. The quantitative estimate of drug-likeness (QED) is 0.369. The summed E-state index contributed by atoms with van der Waals surface area (Å²) in [6, 6.07) is 6.16. The van der Waals surface area contributed by atoms with Gasteiger partial charge in [-0.1, -0.05) is 12.1 Å². The Morgan fingerprint density at radius 1 is 1.55 bits per heavy atom. The fraction of sp³-hybridized carbons (Fsp3) is 0.125. The smallest absolute Gasteiger partial charge is 0.123 e. The van der Waals surface area contributed by atoms with Gasteiger partial charge < -0.3 is 5.84 Å². The van der Waals surface area contributed by atoms with Crippen LogP contribution in [0.2, 0.25) is 0 Å². The number of hydrogen-bond acceptors (Lipinski definition) is 2. The first-order chi connectivity index (χ1) is 5.24. The normalized spacial score (nSPS) is 11.6. The second-order valence-corrected chi connectivity index (χ2v) is 2.22. The molecule has 1 aromatic rings. The lowest BCUT2D eigenvalue weighted by molar-refractivity contribution is 0.627. The molecule has 0 aliphatic rings. The first-order valence-corrected chi connectivity index (χ1v) is 3.24. The van der Waals surface area contributed by atoms with Gasteiger partial charge in [0.25, 0.3) is 0 Å². The molecule has 0 aliphatic carbocycles. The van der Waals surface area contributed by atoms with Crippen molar-refractivity contribution in [2.24, 2.45) is 10.9 Å². The van der Waals surface area contributed by atoms with E-state index in [2.05, 4.69) is 5.10 Å². The van der Waals surface area contributed by atoms with E-state index in [1.165, 1.54) is 12.1 Å². The van der Waals surface area contributed by atoms with E-state index >= 15 is 0 Å². The van der Waals surface area contributed by atoms with E-state index in [1.807, 2.05) is 0 Å². The van der Waals surface area contributed by atoms with Crippen molar-refractivity contribution in [3.05, 3.63) is 35.6 Å². The van der Waals surface area contributed by atoms with Gasteiger partial charge in [-0.15, -0.1) is 0 Å². The summed E-state index contributed by atoms with van der Waals surface area (Å²) < 4.78 is 12.6. The Bertz CT molecular complexity index is 281. The van der Waals surface area contributed by atoms with E-state index in [-0.39, 0.29) is 5.82 Å². The second kappa shape index (κ2) is 3.14. The molecule has 1 rings (SSSR count). The fourth-order valence-electron chi connectivity index (χ4n) is 0.788. The molecule has 0 aliphatic heterocycles. The number of benzene rings is 1. The Balaban J connectivity index is 3.06. The standard InChI is InChI=1S/C8H9FN2/c1-6(11-10)7-3-2-4-8(9)5-7/h2-5H,10H2,1H3. The van der Waals surface area contributed by atoms with E-state index < -0.39 is 0 Å². The predicted molar refractivity (Wildman–Crippen MR) is 42.8 cm³/mol. The number of nitrogens with two attached hydrogens (primary N) is 1. The third-order valence-corrected chi connectivity index (χ3v) is 1.44. The molecular formula is C8H9FN2. The zero-order valence-corrected chi connectivity index (χ0v) is 6.21. The maximum absolute atomic E-state index is 12.6. The monoisotopic (exact) mass is 152 g/mol. The van der Waals surface area contributed by atoms with E-state index in [4.69, 9.17) is 5.84 Å². The topological polar surface area (TPSA) is 38.4 Å². The van der Waals surface area contributed by atoms with E-state index in [1.54, 1.807) is 19.1 Å². The SMILES string of the molecule is CC(=NN)c1cccc(F)c1. The molecule has 0 spiro atoms. The van der Waals surface area contributed by atoms with E-state index in [0.717, 1.165) is 0 Å². The van der Waals surface area contributed by atoms with Crippen LogP contribution in [0.1, 0.15) is 12.5 Å². The van der Waals surface area contributed by atoms with Gasteiger partial charge in [0.1, 0.15) is 5.82 Å². The van der Waals surface area contributed by atoms with Gasteiger partial charge in [-0.25, -0.2) is 4.39 Å². The van der Waals surface area contributed by atoms with Crippen molar-refractivity contribution in [1.29, 1.82) is 0 Å². The highest BCUT2D eigenvalue weighted by Crippen LogP contribution is 2.03. The second-order valence-electron chi connectivity index (χ2n) is 2.22.